The quantitative estimate of drug-likeness (QED) is 0.548. The highest BCUT2D eigenvalue weighted by atomic mass is 127. The molecule has 1 fully saturated rings. The number of pyridine rings is 1. The molecule has 3 rings (SSSR count). The maximum absolute atomic E-state index is 12.8. The minimum atomic E-state index is -1.19. The molecule has 158 valence electrons. The number of likely N-dealkylation sites (N-methyl/N-ethyl adjacent to an activating group) is 2. The molecule has 0 saturated carbocycles. The minimum Gasteiger partial charge on any atom is -0.491 e. The van der Waals surface area contributed by atoms with Crippen LogP contribution in [0.25, 0.3) is 10.9 Å². The predicted molar refractivity (Wildman–Crippen MR) is 122 cm³/mol. The lowest BCUT2D eigenvalue weighted by Crippen LogP contribution is -2.33. The van der Waals surface area contributed by atoms with Crippen molar-refractivity contribution >= 4 is 39.5 Å². The van der Waals surface area contributed by atoms with E-state index in [9.17, 15) is 14.7 Å². The highest BCUT2D eigenvalue weighted by Crippen LogP contribution is 2.28. The van der Waals surface area contributed by atoms with Crippen LogP contribution in [0.15, 0.2) is 23.1 Å². The number of hydrogen-bond acceptors (Lipinski definition) is 5. The predicted octanol–water partition coefficient (Wildman–Crippen LogP) is 2.73. The number of aromatic carboxylic acids is 1. The van der Waals surface area contributed by atoms with Crippen LogP contribution in [-0.2, 0) is 6.54 Å². The summed E-state index contributed by atoms with van der Waals surface area (Å²) in [4.78, 5) is 28.9. The van der Waals surface area contributed by atoms with Gasteiger partial charge in [0.1, 0.15) is 17.9 Å². The van der Waals surface area contributed by atoms with Crippen molar-refractivity contribution in [2.45, 2.75) is 32.4 Å². The lowest BCUT2D eigenvalue weighted by molar-refractivity contribution is 0.0694. The number of likely N-dealkylation sites (tertiary alicyclic amines) is 1. The van der Waals surface area contributed by atoms with Crippen molar-refractivity contribution in [3.05, 3.63) is 37.7 Å². The lowest BCUT2D eigenvalue weighted by atomic mass is 10.1. The van der Waals surface area contributed by atoms with Gasteiger partial charge in [-0.05, 0) is 68.7 Å². The maximum Gasteiger partial charge on any atom is 0.341 e. The van der Waals surface area contributed by atoms with Gasteiger partial charge >= 0.3 is 5.97 Å². The van der Waals surface area contributed by atoms with Crippen molar-refractivity contribution in [1.82, 2.24) is 14.4 Å². The van der Waals surface area contributed by atoms with E-state index in [-0.39, 0.29) is 5.56 Å². The number of carbonyl (C=O) groups is 1. The SMILES string of the molecule is CCN1CCCC1Cn1cc(C(=O)O)c(=O)c2cc(I)c(OCCN(C)C)cc21. The fourth-order valence-corrected chi connectivity index (χ4v) is 4.51. The first-order valence-corrected chi connectivity index (χ1v) is 11.0. The molecule has 1 aromatic carbocycles. The van der Waals surface area contributed by atoms with Crippen molar-refractivity contribution in [3.63, 3.8) is 0 Å². The summed E-state index contributed by atoms with van der Waals surface area (Å²) in [6.07, 6.45) is 3.70. The van der Waals surface area contributed by atoms with Crippen LogP contribution >= 0.6 is 22.6 Å². The fraction of sp³-hybridized carbons (Fsp3) is 0.524. The summed E-state index contributed by atoms with van der Waals surface area (Å²) in [5.74, 6) is -0.472. The van der Waals surface area contributed by atoms with Gasteiger partial charge in [0.2, 0.25) is 5.43 Å². The average Bonchev–Trinajstić information content (AvgIpc) is 3.11. The molecular formula is C21H28IN3O4. The van der Waals surface area contributed by atoms with E-state index in [2.05, 4.69) is 34.4 Å². The molecule has 1 saturated heterocycles. The molecule has 0 spiro atoms. The zero-order valence-electron chi connectivity index (χ0n) is 17.2. The van der Waals surface area contributed by atoms with Gasteiger partial charge in [-0.15, -0.1) is 0 Å². The van der Waals surface area contributed by atoms with Gasteiger partial charge in [-0.2, -0.15) is 0 Å². The van der Waals surface area contributed by atoms with Gasteiger partial charge in [0, 0.05) is 36.8 Å². The molecule has 1 aliphatic rings. The van der Waals surface area contributed by atoms with E-state index >= 15 is 0 Å². The molecule has 0 aliphatic carbocycles. The first kappa shape index (κ1) is 22.0. The summed E-state index contributed by atoms with van der Waals surface area (Å²) in [6.45, 7) is 6.14. The number of aromatic nitrogens is 1. The Bertz CT molecular complexity index is 957. The van der Waals surface area contributed by atoms with E-state index < -0.39 is 11.4 Å². The van der Waals surface area contributed by atoms with Crippen molar-refractivity contribution in [2.24, 2.45) is 0 Å². The maximum atomic E-state index is 12.8. The Hall–Kier alpha value is -1.65. The molecule has 1 N–H and O–H groups in total. The van der Waals surface area contributed by atoms with E-state index in [0.29, 0.717) is 24.6 Å². The summed E-state index contributed by atoms with van der Waals surface area (Å²) < 4.78 is 8.68. The van der Waals surface area contributed by atoms with Crippen LogP contribution in [0.3, 0.4) is 0 Å². The number of fused-ring (bicyclic) bond motifs is 1. The number of hydrogen-bond donors (Lipinski definition) is 1. The lowest BCUT2D eigenvalue weighted by Gasteiger charge is -2.25. The molecule has 0 amide bonds. The van der Waals surface area contributed by atoms with Crippen LogP contribution in [0.2, 0.25) is 0 Å². The highest BCUT2D eigenvalue weighted by molar-refractivity contribution is 14.1. The van der Waals surface area contributed by atoms with E-state index in [1.165, 1.54) is 6.20 Å². The molecule has 1 aromatic heterocycles. The second kappa shape index (κ2) is 9.44. The average molecular weight is 513 g/mol. The van der Waals surface area contributed by atoms with Gasteiger partial charge in [-0.25, -0.2) is 4.79 Å². The van der Waals surface area contributed by atoms with E-state index in [1.807, 2.05) is 29.6 Å². The standard InChI is InChI=1S/C21H28IN3O4/c1-4-24-7-5-6-14(24)12-25-13-16(21(27)28)20(26)15-10-17(22)19(11-18(15)25)29-9-8-23(2)3/h10-11,13-14H,4-9,12H2,1-3H3,(H,27,28). The van der Waals surface area contributed by atoms with Crippen molar-refractivity contribution < 1.29 is 14.6 Å². The molecule has 29 heavy (non-hydrogen) atoms. The summed E-state index contributed by atoms with van der Waals surface area (Å²) in [5.41, 5.74) is 0.0964. The number of ether oxygens (including phenoxy) is 1. The van der Waals surface area contributed by atoms with Gasteiger partial charge in [0.25, 0.3) is 0 Å². The summed E-state index contributed by atoms with van der Waals surface area (Å²) >= 11 is 2.14. The van der Waals surface area contributed by atoms with E-state index in [4.69, 9.17) is 4.74 Å². The monoisotopic (exact) mass is 513 g/mol. The normalized spacial score (nSPS) is 17.3. The Kier molecular flexibility index (Phi) is 7.18. The Balaban J connectivity index is 2.07. The number of rotatable bonds is 8. The van der Waals surface area contributed by atoms with Crippen LogP contribution in [0, 0.1) is 3.57 Å². The zero-order valence-corrected chi connectivity index (χ0v) is 19.3. The molecule has 1 unspecified atom stereocenters. The topological polar surface area (TPSA) is 75.0 Å². The molecule has 2 aromatic rings. The minimum absolute atomic E-state index is 0.185. The van der Waals surface area contributed by atoms with Gasteiger partial charge in [-0.1, -0.05) is 6.92 Å². The van der Waals surface area contributed by atoms with Crippen LogP contribution in [0.4, 0.5) is 0 Å². The van der Waals surface area contributed by atoms with Crippen molar-refractivity contribution in [1.29, 1.82) is 0 Å². The van der Waals surface area contributed by atoms with Crippen LogP contribution < -0.4 is 10.2 Å². The molecule has 8 heteroatoms. The van der Waals surface area contributed by atoms with Gasteiger partial charge in [0.05, 0.1) is 9.09 Å². The molecule has 7 nitrogen and oxygen atoms in total. The number of halogens is 1. The number of nitrogens with zero attached hydrogens (tertiary/aromatic N) is 3. The molecular weight excluding hydrogens is 485 g/mol. The van der Waals surface area contributed by atoms with Crippen LogP contribution in [0.5, 0.6) is 5.75 Å². The second-order valence-corrected chi connectivity index (χ2v) is 8.87. The first-order valence-electron chi connectivity index (χ1n) is 9.93. The Morgan fingerprint density at radius 2 is 2.14 bits per heavy atom. The Morgan fingerprint density at radius 1 is 1.38 bits per heavy atom. The smallest absolute Gasteiger partial charge is 0.341 e. The number of carboxylic acid groups (broad SMARTS) is 1. The van der Waals surface area contributed by atoms with Crippen molar-refractivity contribution in [3.8, 4) is 5.75 Å². The van der Waals surface area contributed by atoms with Crippen molar-refractivity contribution in [2.75, 3.05) is 40.3 Å². The van der Waals surface area contributed by atoms with Crippen LogP contribution in [0.1, 0.15) is 30.1 Å². The first-order chi connectivity index (χ1) is 13.8. The molecule has 1 atom stereocenters. The molecule has 0 radical (unpaired) electrons. The Labute approximate surface area is 184 Å². The molecule has 2 heterocycles. The third-order valence-electron chi connectivity index (χ3n) is 5.47. The van der Waals surface area contributed by atoms with Gasteiger partial charge in [-0.3, -0.25) is 9.69 Å². The zero-order chi connectivity index (χ0) is 21.1. The summed E-state index contributed by atoms with van der Waals surface area (Å²) in [6, 6.07) is 3.97. The highest BCUT2D eigenvalue weighted by Gasteiger charge is 2.25. The number of carboxylic acids is 1. The Morgan fingerprint density at radius 3 is 2.79 bits per heavy atom. The largest absolute Gasteiger partial charge is 0.491 e. The second-order valence-electron chi connectivity index (χ2n) is 7.71. The third kappa shape index (κ3) is 4.92. The summed E-state index contributed by atoms with van der Waals surface area (Å²) in [5, 5.41) is 9.97. The third-order valence-corrected chi connectivity index (χ3v) is 6.32. The van der Waals surface area contributed by atoms with Gasteiger partial charge in [0.15, 0.2) is 0 Å². The molecule has 1 aliphatic heterocycles. The van der Waals surface area contributed by atoms with E-state index in [0.717, 1.165) is 47.3 Å². The van der Waals surface area contributed by atoms with Crippen LogP contribution in [-0.4, -0.2) is 71.8 Å². The summed E-state index contributed by atoms with van der Waals surface area (Å²) in [7, 11) is 3.97. The fourth-order valence-electron chi connectivity index (χ4n) is 3.89. The van der Waals surface area contributed by atoms with Gasteiger partial charge < -0.3 is 19.3 Å². The number of benzene rings is 1. The molecule has 0 bridgehead atoms. The van der Waals surface area contributed by atoms with E-state index in [1.54, 1.807) is 6.07 Å².